The molecule has 0 amide bonds. The van der Waals surface area contributed by atoms with Crippen LogP contribution in [0.4, 0.5) is 0 Å². The molecule has 1 atom stereocenters. The lowest BCUT2D eigenvalue weighted by Gasteiger charge is -2.28. The van der Waals surface area contributed by atoms with E-state index in [9.17, 15) is 0 Å². The summed E-state index contributed by atoms with van der Waals surface area (Å²) in [5, 5.41) is 1.44. The molecule has 0 radical (unpaired) electrons. The fourth-order valence-corrected chi connectivity index (χ4v) is 6.01. The van der Waals surface area contributed by atoms with Gasteiger partial charge >= 0.3 is 0 Å². The van der Waals surface area contributed by atoms with Gasteiger partial charge in [-0.05, 0) is 28.1 Å². The van der Waals surface area contributed by atoms with E-state index >= 15 is 0 Å². The fraction of sp³-hybridized carbons (Fsp3) is 0.632. The van der Waals surface area contributed by atoms with Gasteiger partial charge in [-0.25, -0.2) is 4.99 Å². The third kappa shape index (κ3) is 3.71. The molecule has 0 saturated carbocycles. The van der Waals surface area contributed by atoms with Crippen molar-refractivity contribution in [3.05, 3.63) is 29.8 Å². The predicted octanol–water partition coefficient (Wildman–Crippen LogP) is 4.80. The number of nitrogens with zero attached hydrogens (tertiary/aromatic N) is 1. The van der Waals surface area contributed by atoms with Gasteiger partial charge in [0.05, 0.1) is 6.04 Å². The maximum absolute atomic E-state index is 5.99. The summed E-state index contributed by atoms with van der Waals surface area (Å²) >= 11 is 0. The average Bonchev–Trinajstić information content (AvgIpc) is 2.87. The molecule has 0 aliphatic carbocycles. The van der Waals surface area contributed by atoms with Crippen LogP contribution in [0.3, 0.4) is 0 Å². The molecule has 22 heavy (non-hydrogen) atoms. The van der Waals surface area contributed by atoms with Crippen molar-refractivity contribution in [1.29, 1.82) is 0 Å². The summed E-state index contributed by atoms with van der Waals surface area (Å²) in [5.41, 5.74) is 2.69. The molecule has 1 heterocycles. The molecule has 0 bridgehead atoms. The number of rotatable bonds is 4. The van der Waals surface area contributed by atoms with Crippen LogP contribution < -0.4 is 5.30 Å². The molecule has 0 aromatic heterocycles. The van der Waals surface area contributed by atoms with E-state index in [1.165, 1.54) is 10.9 Å². The van der Waals surface area contributed by atoms with E-state index in [0.717, 1.165) is 5.90 Å². The van der Waals surface area contributed by atoms with Crippen LogP contribution in [-0.4, -0.2) is 29.9 Å². The molecule has 122 valence electrons. The Morgan fingerprint density at radius 3 is 2.18 bits per heavy atom. The highest BCUT2D eigenvalue weighted by atomic mass is 31.1. The molecule has 1 aromatic carbocycles. The van der Waals surface area contributed by atoms with Crippen LogP contribution >= 0.6 is 7.92 Å². The Bertz CT molecular complexity index is 535. The van der Waals surface area contributed by atoms with E-state index in [0.29, 0.717) is 17.9 Å². The summed E-state index contributed by atoms with van der Waals surface area (Å²) in [5.74, 6) is 0.851. The van der Waals surface area contributed by atoms with Gasteiger partial charge in [-0.3, -0.25) is 0 Å². The molecule has 1 aliphatic rings. The second-order valence-corrected chi connectivity index (χ2v) is 11.1. The topological polar surface area (TPSA) is 21.6 Å². The van der Waals surface area contributed by atoms with Gasteiger partial charge in [0, 0.05) is 5.56 Å². The van der Waals surface area contributed by atoms with Crippen molar-refractivity contribution >= 4 is 19.1 Å². The molecule has 1 aromatic rings. The summed E-state index contributed by atoms with van der Waals surface area (Å²) < 4.78 is 5.99. The fourth-order valence-electron chi connectivity index (χ4n) is 3.00. The molecule has 2 rings (SSSR count). The predicted molar refractivity (Wildman–Crippen MR) is 99.0 cm³/mol. The highest BCUT2D eigenvalue weighted by molar-refractivity contribution is 7.67. The highest BCUT2D eigenvalue weighted by Crippen LogP contribution is 2.46. The Labute approximate surface area is 137 Å². The molecule has 2 nitrogen and oxygen atoms in total. The molecule has 0 fully saturated rings. The van der Waals surface area contributed by atoms with Gasteiger partial charge in [0.25, 0.3) is 0 Å². The van der Waals surface area contributed by atoms with Crippen molar-refractivity contribution in [3.63, 3.8) is 0 Å². The van der Waals surface area contributed by atoms with Crippen molar-refractivity contribution in [3.8, 4) is 0 Å². The van der Waals surface area contributed by atoms with Crippen LogP contribution in [-0.2, 0) is 4.74 Å². The van der Waals surface area contributed by atoms with Crippen molar-refractivity contribution in [2.75, 3.05) is 6.61 Å². The molecule has 3 heteroatoms. The second kappa shape index (κ2) is 6.71. The van der Waals surface area contributed by atoms with Crippen LogP contribution in [0.2, 0.25) is 0 Å². The first kappa shape index (κ1) is 17.5. The first-order valence-corrected chi connectivity index (χ1v) is 9.78. The largest absolute Gasteiger partial charge is 0.475 e. The number of ether oxygens (including phenoxy) is 1. The van der Waals surface area contributed by atoms with E-state index in [1.807, 2.05) is 0 Å². The number of benzene rings is 1. The summed E-state index contributed by atoms with van der Waals surface area (Å²) in [6, 6.07) is 8.95. The van der Waals surface area contributed by atoms with Crippen LogP contribution in [0.1, 0.15) is 54.0 Å². The molecular formula is C19H30NOP. The van der Waals surface area contributed by atoms with E-state index in [4.69, 9.17) is 9.73 Å². The summed E-state index contributed by atoms with van der Waals surface area (Å²) in [6.07, 6.45) is 0. The zero-order valence-corrected chi connectivity index (χ0v) is 15.9. The van der Waals surface area contributed by atoms with Gasteiger partial charge in [-0.2, -0.15) is 0 Å². The molecular weight excluding hydrogens is 289 g/mol. The van der Waals surface area contributed by atoms with Gasteiger partial charge in [0.1, 0.15) is 6.61 Å². The first-order valence-electron chi connectivity index (χ1n) is 8.30. The van der Waals surface area contributed by atoms with Crippen molar-refractivity contribution in [1.82, 2.24) is 0 Å². The van der Waals surface area contributed by atoms with Gasteiger partial charge < -0.3 is 4.74 Å². The first-order chi connectivity index (χ1) is 10.2. The monoisotopic (exact) mass is 319 g/mol. The van der Waals surface area contributed by atoms with E-state index < -0.39 is 0 Å². The Kier molecular flexibility index (Phi) is 5.33. The summed E-state index contributed by atoms with van der Waals surface area (Å²) in [6.45, 7) is 16.7. The second-order valence-electron chi connectivity index (χ2n) is 7.74. The summed E-state index contributed by atoms with van der Waals surface area (Å²) in [7, 11) is -0.214. The molecule has 0 saturated heterocycles. The van der Waals surface area contributed by atoms with Gasteiger partial charge in [-0.1, -0.05) is 74.6 Å². The standard InChI is InChI=1S/C19H30NOP/c1-13(2)22(14(3)4)16-11-9-8-10-15(16)18-20-17(12-21-18)19(5,6)7/h8-11,13-14,17H,12H2,1-7H3/t17-/m1/s1. The average molecular weight is 319 g/mol. The lowest BCUT2D eigenvalue weighted by Crippen LogP contribution is -2.25. The van der Waals surface area contributed by atoms with Crippen molar-refractivity contribution in [2.45, 2.75) is 65.8 Å². The molecule has 0 unspecified atom stereocenters. The lowest BCUT2D eigenvalue weighted by molar-refractivity contribution is 0.236. The van der Waals surface area contributed by atoms with E-state index in [1.54, 1.807) is 0 Å². The molecule has 0 N–H and O–H groups in total. The Hall–Kier alpha value is -0.880. The Morgan fingerprint density at radius 2 is 1.68 bits per heavy atom. The smallest absolute Gasteiger partial charge is 0.217 e. The third-order valence-electron chi connectivity index (χ3n) is 4.18. The number of hydrogen-bond acceptors (Lipinski definition) is 2. The normalized spacial score (nSPS) is 19.0. The van der Waals surface area contributed by atoms with Crippen LogP contribution in [0.15, 0.2) is 29.3 Å². The van der Waals surface area contributed by atoms with E-state index in [2.05, 4.69) is 72.7 Å². The van der Waals surface area contributed by atoms with Crippen LogP contribution in [0.25, 0.3) is 0 Å². The highest BCUT2D eigenvalue weighted by Gasteiger charge is 2.32. The maximum Gasteiger partial charge on any atom is 0.217 e. The van der Waals surface area contributed by atoms with Gasteiger partial charge in [-0.15, -0.1) is 0 Å². The summed E-state index contributed by atoms with van der Waals surface area (Å²) in [4.78, 5) is 4.90. The SMILES string of the molecule is CC(C)P(c1ccccc1C1=N[C@@H](C(C)(C)C)CO1)C(C)C. The molecule has 1 aliphatic heterocycles. The van der Waals surface area contributed by atoms with Gasteiger partial charge in [0.15, 0.2) is 0 Å². The van der Waals surface area contributed by atoms with Crippen molar-refractivity contribution in [2.24, 2.45) is 10.4 Å². The minimum absolute atomic E-state index is 0.150. The Balaban J connectivity index is 2.42. The lowest BCUT2D eigenvalue weighted by atomic mass is 9.88. The van der Waals surface area contributed by atoms with Crippen LogP contribution in [0, 0.1) is 5.41 Å². The minimum atomic E-state index is -0.214. The zero-order valence-electron chi connectivity index (χ0n) is 15.1. The zero-order chi connectivity index (χ0) is 16.5. The maximum atomic E-state index is 5.99. The van der Waals surface area contributed by atoms with E-state index in [-0.39, 0.29) is 19.4 Å². The number of hydrogen-bond donors (Lipinski definition) is 0. The van der Waals surface area contributed by atoms with Crippen molar-refractivity contribution < 1.29 is 4.74 Å². The quantitative estimate of drug-likeness (QED) is 0.730. The van der Waals surface area contributed by atoms with Gasteiger partial charge in [0.2, 0.25) is 5.90 Å². The molecule has 0 spiro atoms. The number of aliphatic imine (C=N–C) groups is 1. The Morgan fingerprint density at radius 1 is 1.09 bits per heavy atom. The minimum Gasteiger partial charge on any atom is -0.475 e. The third-order valence-corrected chi connectivity index (χ3v) is 7.35. The van der Waals surface area contributed by atoms with Crippen LogP contribution in [0.5, 0.6) is 0 Å².